The predicted octanol–water partition coefficient (Wildman–Crippen LogP) is 2.36. The molecule has 2 amide bonds. The van der Waals surface area contributed by atoms with Crippen LogP contribution in [0.25, 0.3) is 0 Å². The van der Waals surface area contributed by atoms with Gasteiger partial charge in [-0.3, -0.25) is 0 Å². The lowest BCUT2D eigenvalue weighted by molar-refractivity contribution is 0.107. The van der Waals surface area contributed by atoms with E-state index in [1.54, 1.807) is 0 Å². The van der Waals surface area contributed by atoms with Crippen molar-refractivity contribution in [3.63, 3.8) is 0 Å². The average Bonchev–Trinajstić information content (AvgIpc) is 2.64. The van der Waals surface area contributed by atoms with Gasteiger partial charge in [0.1, 0.15) is 18.5 Å². The molecule has 1 atom stereocenters. The summed E-state index contributed by atoms with van der Waals surface area (Å²) in [4.78, 5) is 14.2. The van der Waals surface area contributed by atoms with E-state index in [9.17, 15) is 9.90 Å². The number of amides is 2. The molecule has 0 bridgehead atoms. The maximum atomic E-state index is 11.9. The van der Waals surface area contributed by atoms with Gasteiger partial charge in [-0.2, -0.15) is 0 Å². The van der Waals surface area contributed by atoms with Gasteiger partial charge in [0.15, 0.2) is 0 Å². The number of nitrogens with one attached hydrogen (secondary N) is 2. The van der Waals surface area contributed by atoms with Gasteiger partial charge in [0.25, 0.3) is 0 Å². The van der Waals surface area contributed by atoms with Crippen LogP contribution in [-0.2, 0) is 5.41 Å². The minimum absolute atomic E-state index is 0.100. The lowest BCUT2D eigenvalue weighted by Gasteiger charge is -2.28. The van der Waals surface area contributed by atoms with E-state index in [1.165, 1.54) is 5.56 Å². The van der Waals surface area contributed by atoms with Crippen LogP contribution in [0, 0.1) is 5.92 Å². The summed E-state index contributed by atoms with van der Waals surface area (Å²) >= 11 is 0. The highest BCUT2D eigenvalue weighted by Crippen LogP contribution is 2.24. The molecule has 0 saturated carbocycles. The lowest BCUT2D eigenvalue weighted by atomic mass is 9.87. The zero-order chi connectivity index (χ0) is 19.9. The molecule has 0 spiro atoms. The second kappa shape index (κ2) is 9.95. The SMILES string of the molecule is CN1CCC(CNC(=O)NC[C@@H](O)COc2ccc(C(C)(C)C)cc2)CC1. The number of nitrogens with zero attached hydrogens (tertiary/aromatic N) is 1. The quantitative estimate of drug-likeness (QED) is 0.682. The molecule has 1 aliphatic heterocycles. The topological polar surface area (TPSA) is 73.8 Å². The predicted molar refractivity (Wildman–Crippen MR) is 108 cm³/mol. The highest BCUT2D eigenvalue weighted by atomic mass is 16.5. The van der Waals surface area contributed by atoms with E-state index in [2.05, 4.69) is 43.4 Å². The third-order valence-electron chi connectivity index (χ3n) is 5.05. The van der Waals surface area contributed by atoms with Gasteiger partial charge in [-0.05, 0) is 62.0 Å². The second-order valence-corrected chi connectivity index (χ2v) is 8.58. The van der Waals surface area contributed by atoms with Crippen molar-refractivity contribution in [3.8, 4) is 5.75 Å². The number of likely N-dealkylation sites (tertiary alicyclic amines) is 1. The van der Waals surface area contributed by atoms with Gasteiger partial charge in [-0.1, -0.05) is 32.9 Å². The van der Waals surface area contributed by atoms with Crippen molar-refractivity contribution >= 4 is 6.03 Å². The standard InChI is InChI=1S/C21H35N3O3/c1-21(2,3)17-5-7-19(8-6-17)27-15-18(25)14-23-20(26)22-13-16-9-11-24(4)12-10-16/h5-8,16,18,25H,9-15H2,1-4H3,(H2,22,23,26)/t18-/m1/s1. The lowest BCUT2D eigenvalue weighted by Crippen LogP contribution is -2.44. The van der Waals surface area contributed by atoms with Crippen molar-refractivity contribution in [1.82, 2.24) is 15.5 Å². The molecule has 1 heterocycles. The number of urea groups is 1. The second-order valence-electron chi connectivity index (χ2n) is 8.58. The molecule has 6 nitrogen and oxygen atoms in total. The van der Waals surface area contributed by atoms with Crippen LogP contribution in [0.2, 0.25) is 0 Å². The summed E-state index contributed by atoms with van der Waals surface area (Å²) in [6.45, 7) is 9.65. The van der Waals surface area contributed by atoms with Gasteiger partial charge in [0.05, 0.1) is 0 Å². The average molecular weight is 378 g/mol. The van der Waals surface area contributed by atoms with Crippen LogP contribution in [0.15, 0.2) is 24.3 Å². The number of ether oxygens (including phenoxy) is 1. The molecule has 2 rings (SSSR count). The fourth-order valence-corrected chi connectivity index (χ4v) is 3.08. The maximum absolute atomic E-state index is 11.9. The first-order valence-electron chi connectivity index (χ1n) is 9.85. The number of aliphatic hydroxyl groups excluding tert-OH is 1. The van der Waals surface area contributed by atoms with Gasteiger partial charge in [0, 0.05) is 13.1 Å². The number of carbonyl (C=O) groups excluding carboxylic acids is 1. The highest BCUT2D eigenvalue weighted by molar-refractivity contribution is 5.73. The first-order valence-corrected chi connectivity index (χ1v) is 9.85. The summed E-state index contributed by atoms with van der Waals surface area (Å²) in [6, 6.07) is 7.67. The minimum atomic E-state index is -0.749. The molecular weight excluding hydrogens is 342 g/mol. The zero-order valence-corrected chi connectivity index (χ0v) is 17.1. The van der Waals surface area contributed by atoms with Crippen molar-refractivity contribution in [1.29, 1.82) is 0 Å². The molecule has 1 saturated heterocycles. The molecule has 1 aromatic rings. The molecule has 6 heteroatoms. The van der Waals surface area contributed by atoms with E-state index in [0.29, 0.717) is 18.2 Å². The Bertz CT molecular complexity index is 575. The van der Waals surface area contributed by atoms with Gasteiger partial charge in [0.2, 0.25) is 0 Å². The van der Waals surface area contributed by atoms with Gasteiger partial charge in [-0.15, -0.1) is 0 Å². The van der Waals surface area contributed by atoms with Gasteiger partial charge in [-0.25, -0.2) is 4.79 Å². The van der Waals surface area contributed by atoms with Crippen molar-refractivity contribution < 1.29 is 14.6 Å². The third-order valence-corrected chi connectivity index (χ3v) is 5.05. The molecule has 27 heavy (non-hydrogen) atoms. The Labute approximate surface area is 163 Å². The Kier molecular flexibility index (Phi) is 7.92. The van der Waals surface area contributed by atoms with E-state index in [1.807, 2.05) is 24.3 Å². The largest absolute Gasteiger partial charge is 0.491 e. The summed E-state index contributed by atoms with van der Waals surface area (Å²) in [5.74, 6) is 1.25. The summed E-state index contributed by atoms with van der Waals surface area (Å²) < 4.78 is 5.61. The fraction of sp³-hybridized carbons (Fsp3) is 0.667. The first kappa shape index (κ1) is 21.5. The van der Waals surface area contributed by atoms with Crippen molar-refractivity contribution in [2.45, 2.75) is 45.1 Å². The van der Waals surface area contributed by atoms with Crippen LogP contribution >= 0.6 is 0 Å². The summed E-state index contributed by atoms with van der Waals surface area (Å²) in [7, 11) is 2.12. The number of carbonyl (C=O) groups is 1. The normalized spacial score (nSPS) is 17.4. The molecule has 0 aromatic heterocycles. The smallest absolute Gasteiger partial charge is 0.314 e. The van der Waals surface area contributed by atoms with E-state index in [-0.39, 0.29) is 24.6 Å². The molecule has 1 aromatic carbocycles. The van der Waals surface area contributed by atoms with Crippen molar-refractivity contribution in [3.05, 3.63) is 29.8 Å². The number of benzene rings is 1. The molecule has 0 radical (unpaired) electrons. The fourth-order valence-electron chi connectivity index (χ4n) is 3.08. The molecule has 0 aliphatic carbocycles. The number of rotatable bonds is 7. The van der Waals surface area contributed by atoms with Crippen LogP contribution in [0.1, 0.15) is 39.2 Å². The zero-order valence-electron chi connectivity index (χ0n) is 17.1. The Hall–Kier alpha value is -1.79. The van der Waals surface area contributed by atoms with Crippen molar-refractivity contribution in [2.75, 3.05) is 39.8 Å². The van der Waals surface area contributed by atoms with Crippen LogP contribution < -0.4 is 15.4 Å². The maximum Gasteiger partial charge on any atom is 0.314 e. The van der Waals surface area contributed by atoms with Gasteiger partial charge < -0.3 is 25.4 Å². The summed E-state index contributed by atoms with van der Waals surface area (Å²) in [6.07, 6.45) is 1.48. The van der Waals surface area contributed by atoms with Crippen LogP contribution in [-0.4, -0.2) is 62.0 Å². The Morgan fingerprint density at radius 1 is 1.22 bits per heavy atom. The van der Waals surface area contributed by atoms with E-state index in [0.717, 1.165) is 25.9 Å². The third kappa shape index (κ3) is 7.77. The molecule has 152 valence electrons. The van der Waals surface area contributed by atoms with Crippen LogP contribution in [0.3, 0.4) is 0 Å². The molecule has 3 N–H and O–H groups in total. The summed E-state index contributed by atoms with van der Waals surface area (Å²) in [5.41, 5.74) is 1.33. The van der Waals surface area contributed by atoms with Crippen LogP contribution in [0.4, 0.5) is 4.79 Å². The first-order chi connectivity index (χ1) is 12.7. The minimum Gasteiger partial charge on any atom is -0.491 e. The molecule has 1 aliphatic rings. The number of hydrogen-bond acceptors (Lipinski definition) is 4. The van der Waals surface area contributed by atoms with E-state index < -0.39 is 6.10 Å². The molecule has 1 fully saturated rings. The molecule has 0 unspecified atom stereocenters. The van der Waals surface area contributed by atoms with Crippen molar-refractivity contribution in [2.24, 2.45) is 5.92 Å². The monoisotopic (exact) mass is 377 g/mol. The summed E-state index contributed by atoms with van der Waals surface area (Å²) in [5, 5.41) is 15.6. The van der Waals surface area contributed by atoms with E-state index in [4.69, 9.17) is 4.74 Å². The number of aliphatic hydroxyl groups is 1. The molecular formula is C21H35N3O3. The Morgan fingerprint density at radius 3 is 2.44 bits per heavy atom. The number of hydrogen-bond donors (Lipinski definition) is 3. The van der Waals surface area contributed by atoms with Gasteiger partial charge >= 0.3 is 6.03 Å². The highest BCUT2D eigenvalue weighted by Gasteiger charge is 2.17. The Balaban J connectivity index is 1.61. The Morgan fingerprint density at radius 2 is 1.85 bits per heavy atom. The van der Waals surface area contributed by atoms with E-state index >= 15 is 0 Å². The number of piperidine rings is 1. The van der Waals surface area contributed by atoms with Crippen LogP contribution in [0.5, 0.6) is 5.75 Å².